The number of carbonyl (C=O) groups excluding carboxylic acids is 1. The van der Waals surface area contributed by atoms with Gasteiger partial charge < -0.3 is 10.1 Å². The van der Waals surface area contributed by atoms with Crippen LogP contribution in [0.5, 0.6) is 5.75 Å². The highest BCUT2D eigenvalue weighted by atomic mass is 16.5. The highest BCUT2D eigenvalue weighted by Crippen LogP contribution is 2.40. The lowest BCUT2D eigenvalue weighted by molar-refractivity contribution is 0.104. The summed E-state index contributed by atoms with van der Waals surface area (Å²) in [6.45, 7) is 1.31. The number of fused-ring (bicyclic) bond motifs is 3. The number of benzene rings is 2. The third kappa shape index (κ3) is 1.92. The zero-order chi connectivity index (χ0) is 13.2. The quantitative estimate of drug-likeness (QED) is 0.726. The molecule has 0 radical (unpaired) electrons. The molecule has 0 spiro atoms. The zero-order valence-corrected chi connectivity index (χ0v) is 10.8. The Morgan fingerprint density at radius 1 is 1.00 bits per heavy atom. The highest BCUT2D eigenvalue weighted by Gasteiger charge is 2.29. The van der Waals surface area contributed by atoms with E-state index >= 15 is 0 Å². The Hall–Kier alpha value is -2.13. The van der Waals surface area contributed by atoms with Crippen molar-refractivity contribution in [2.45, 2.75) is 0 Å². The summed E-state index contributed by atoms with van der Waals surface area (Å²) in [5, 5.41) is 3.02. The van der Waals surface area contributed by atoms with Crippen LogP contribution in [0.3, 0.4) is 0 Å². The molecule has 0 amide bonds. The van der Waals surface area contributed by atoms with Crippen molar-refractivity contribution in [1.82, 2.24) is 5.32 Å². The molecule has 0 saturated heterocycles. The average Bonchev–Trinajstić information content (AvgIpc) is 2.74. The molecule has 0 fully saturated rings. The van der Waals surface area contributed by atoms with Crippen molar-refractivity contribution in [2.24, 2.45) is 0 Å². The topological polar surface area (TPSA) is 38.3 Å². The van der Waals surface area contributed by atoms with E-state index in [0.29, 0.717) is 17.9 Å². The molecule has 2 aromatic rings. The van der Waals surface area contributed by atoms with Gasteiger partial charge in [0.15, 0.2) is 5.78 Å². The Kier molecular flexibility index (Phi) is 3.05. The van der Waals surface area contributed by atoms with Crippen LogP contribution in [0.15, 0.2) is 42.5 Å². The number of hydrogen-bond acceptors (Lipinski definition) is 3. The van der Waals surface area contributed by atoms with Crippen molar-refractivity contribution in [3.63, 3.8) is 0 Å². The molecule has 0 unspecified atom stereocenters. The van der Waals surface area contributed by atoms with E-state index in [1.165, 1.54) is 0 Å². The summed E-state index contributed by atoms with van der Waals surface area (Å²) in [5.41, 5.74) is 3.44. The second kappa shape index (κ2) is 4.86. The fraction of sp³-hybridized carbons (Fsp3) is 0.188. The van der Waals surface area contributed by atoms with E-state index in [2.05, 4.69) is 5.32 Å². The van der Waals surface area contributed by atoms with E-state index in [4.69, 9.17) is 4.74 Å². The third-order valence-electron chi connectivity index (χ3n) is 3.32. The van der Waals surface area contributed by atoms with E-state index in [-0.39, 0.29) is 5.78 Å². The minimum atomic E-state index is 0.0608. The fourth-order valence-corrected chi connectivity index (χ4v) is 2.42. The maximum atomic E-state index is 12.4. The van der Waals surface area contributed by atoms with Crippen LogP contribution in [0, 0.1) is 0 Å². The van der Waals surface area contributed by atoms with Gasteiger partial charge in [-0.1, -0.05) is 36.4 Å². The lowest BCUT2D eigenvalue weighted by atomic mass is 10.1. The predicted molar refractivity (Wildman–Crippen MR) is 74.7 cm³/mol. The zero-order valence-electron chi connectivity index (χ0n) is 10.8. The van der Waals surface area contributed by atoms with E-state index in [1.807, 2.05) is 49.5 Å². The van der Waals surface area contributed by atoms with Gasteiger partial charge in [0.2, 0.25) is 0 Å². The maximum Gasteiger partial charge on any atom is 0.198 e. The van der Waals surface area contributed by atoms with Crippen molar-refractivity contribution in [2.75, 3.05) is 20.2 Å². The number of ether oxygens (including phenoxy) is 1. The molecule has 3 rings (SSSR count). The minimum absolute atomic E-state index is 0.0608. The number of carbonyl (C=O) groups is 1. The Morgan fingerprint density at radius 2 is 1.74 bits per heavy atom. The predicted octanol–water partition coefficient (Wildman–Crippen LogP) is 2.50. The molecule has 2 aromatic carbocycles. The molecule has 0 saturated carbocycles. The van der Waals surface area contributed by atoms with Gasteiger partial charge in [0.25, 0.3) is 0 Å². The summed E-state index contributed by atoms with van der Waals surface area (Å²) in [4.78, 5) is 12.4. The first-order valence-corrected chi connectivity index (χ1v) is 6.37. The Balaban J connectivity index is 2.03. The molecular formula is C16H15NO2. The monoisotopic (exact) mass is 253 g/mol. The van der Waals surface area contributed by atoms with Crippen molar-refractivity contribution in [3.05, 3.63) is 53.6 Å². The molecule has 3 nitrogen and oxygen atoms in total. The number of ketones is 1. The van der Waals surface area contributed by atoms with Crippen LogP contribution in [0.25, 0.3) is 11.1 Å². The van der Waals surface area contributed by atoms with Gasteiger partial charge in [-0.2, -0.15) is 0 Å². The lowest BCUT2D eigenvalue weighted by Crippen LogP contribution is -2.16. The standard InChI is InChI=1S/C16H15NO2/c1-17-9-10-19-14-8-4-7-12-11-5-2-3-6-13(11)16(18)15(12)14/h2-8,17H,9-10H2,1H3. The first-order chi connectivity index (χ1) is 9.33. The smallest absolute Gasteiger partial charge is 0.198 e. The van der Waals surface area contributed by atoms with Crippen LogP contribution < -0.4 is 10.1 Å². The molecule has 0 aromatic heterocycles. The fourth-order valence-electron chi connectivity index (χ4n) is 2.42. The Labute approximate surface area is 112 Å². The van der Waals surface area contributed by atoms with Crippen molar-refractivity contribution < 1.29 is 9.53 Å². The highest BCUT2D eigenvalue weighted by molar-refractivity contribution is 6.23. The molecule has 1 aliphatic rings. The summed E-state index contributed by atoms with van der Waals surface area (Å²) in [5.74, 6) is 0.736. The van der Waals surface area contributed by atoms with Crippen LogP contribution in [0.1, 0.15) is 15.9 Å². The summed E-state index contributed by atoms with van der Waals surface area (Å²) in [7, 11) is 1.87. The molecule has 0 bridgehead atoms. The third-order valence-corrected chi connectivity index (χ3v) is 3.32. The number of likely N-dealkylation sites (N-methyl/N-ethyl adjacent to an activating group) is 1. The van der Waals surface area contributed by atoms with Crippen molar-refractivity contribution in [3.8, 4) is 16.9 Å². The number of nitrogens with one attached hydrogen (secondary N) is 1. The summed E-state index contributed by atoms with van der Waals surface area (Å²) in [6.07, 6.45) is 0. The molecular weight excluding hydrogens is 238 g/mol. The van der Waals surface area contributed by atoms with Gasteiger partial charge in [0.05, 0.1) is 5.56 Å². The van der Waals surface area contributed by atoms with Crippen LogP contribution in [0.2, 0.25) is 0 Å². The van der Waals surface area contributed by atoms with Gasteiger partial charge in [0.1, 0.15) is 12.4 Å². The molecule has 0 heterocycles. The molecule has 1 aliphatic carbocycles. The lowest BCUT2D eigenvalue weighted by Gasteiger charge is -2.09. The van der Waals surface area contributed by atoms with E-state index in [0.717, 1.165) is 23.2 Å². The van der Waals surface area contributed by atoms with Crippen LogP contribution in [0.4, 0.5) is 0 Å². The molecule has 96 valence electrons. The van der Waals surface area contributed by atoms with Gasteiger partial charge in [-0.05, 0) is 24.2 Å². The molecule has 0 aliphatic heterocycles. The second-order valence-electron chi connectivity index (χ2n) is 4.51. The van der Waals surface area contributed by atoms with Crippen molar-refractivity contribution in [1.29, 1.82) is 0 Å². The average molecular weight is 253 g/mol. The van der Waals surface area contributed by atoms with Crippen molar-refractivity contribution >= 4 is 5.78 Å². The minimum Gasteiger partial charge on any atom is -0.491 e. The van der Waals surface area contributed by atoms with Gasteiger partial charge in [-0.15, -0.1) is 0 Å². The van der Waals surface area contributed by atoms with E-state index in [9.17, 15) is 4.79 Å². The number of hydrogen-bond donors (Lipinski definition) is 1. The largest absolute Gasteiger partial charge is 0.491 e. The molecule has 19 heavy (non-hydrogen) atoms. The summed E-state index contributed by atoms with van der Waals surface area (Å²) < 4.78 is 5.71. The van der Waals surface area contributed by atoms with Crippen LogP contribution in [-0.2, 0) is 0 Å². The van der Waals surface area contributed by atoms with E-state index < -0.39 is 0 Å². The normalized spacial score (nSPS) is 12.2. The summed E-state index contributed by atoms with van der Waals surface area (Å²) in [6, 6.07) is 13.5. The first-order valence-electron chi connectivity index (χ1n) is 6.37. The summed E-state index contributed by atoms with van der Waals surface area (Å²) >= 11 is 0. The second-order valence-corrected chi connectivity index (χ2v) is 4.51. The molecule has 3 heteroatoms. The van der Waals surface area contributed by atoms with Gasteiger partial charge in [-0.25, -0.2) is 0 Å². The van der Waals surface area contributed by atoms with Gasteiger partial charge in [-0.3, -0.25) is 4.79 Å². The molecule has 1 N–H and O–H groups in total. The van der Waals surface area contributed by atoms with Crippen LogP contribution in [-0.4, -0.2) is 26.0 Å². The maximum absolute atomic E-state index is 12.4. The van der Waals surface area contributed by atoms with E-state index in [1.54, 1.807) is 0 Å². The first kappa shape index (κ1) is 11.9. The SMILES string of the molecule is CNCCOc1cccc2c1C(=O)c1ccccc1-2. The number of rotatable bonds is 4. The van der Waals surface area contributed by atoms with Gasteiger partial charge in [0, 0.05) is 12.1 Å². The van der Waals surface area contributed by atoms with Gasteiger partial charge >= 0.3 is 0 Å². The Bertz CT molecular complexity index is 634. The van der Waals surface area contributed by atoms with Crippen LogP contribution >= 0.6 is 0 Å². The Morgan fingerprint density at radius 3 is 2.53 bits per heavy atom. The molecule has 0 atom stereocenters.